The van der Waals surface area contributed by atoms with Crippen LogP contribution in [0, 0.1) is 25.7 Å². The van der Waals surface area contributed by atoms with Crippen molar-refractivity contribution in [2.45, 2.75) is 6.85 Å². The van der Waals surface area contributed by atoms with Crippen LogP contribution in [0.2, 0.25) is 0 Å². The molecule has 93 heavy (non-hydrogen) atoms. The molecule has 0 unspecified atom stereocenters. The van der Waals surface area contributed by atoms with E-state index in [1.807, 2.05) is 6.07 Å². The number of fused-ring (bicyclic) bond motifs is 11. The normalized spacial score (nSPS) is 13.5. The first-order valence-corrected chi connectivity index (χ1v) is 33.1. The summed E-state index contributed by atoms with van der Waals surface area (Å²) in [6, 6.07) is 117. The minimum atomic E-state index is -3.43. The molecule has 18 rings (SSSR count). The summed E-state index contributed by atoms with van der Waals surface area (Å²) in [7, 11) is -3.43. The molecule has 2 aliphatic rings. The summed E-state index contributed by atoms with van der Waals surface area (Å²) >= 11 is 0. The predicted molar refractivity (Wildman–Crippen MR) is 382 cm³/mol. The Labute approximate surface area is 559 Å². The van der Waals surface area contributed by atoms with Gasteiger partial charge in [0, 0.05) is 98.4 Å². The van der Waals surface area contributed by atoms with Crippen LogP contribution in [0.1, 0.15) is 9.68 Å². The molecule has 0 atom stereocenters. The van der Waals surface area contributed by atoms with Crippen molar-refractivity contribution in [3.8, 4) is 67.5 Å². The average Bonchev–Trinajstić information content (AvgIpc) is 1.49. The Hall–Kier alpha value is -11.1. The average molecular weight is 1390 g/mol. The zero-order valence-electron chi connectivity index (χ0n) is 53.1. The molecule has 2 aliphatic heterocycles. The van der Waals surface area contributed by atoms with Crippen LogP contribution in [0.3, 0.4) is 0 Å². The minimum Gasteiger partial charge on any atom is -0.507 e. The zero-order valence-corrected chi connectivity index (χ0v) is 53.3. The standard InChI is InChI=1S/C85H56N5OSi.Pt/c1-57-51-52-86-81(53-57)90-73-45-22-18-39-69(73)82-77(90)55-79(85-83(82)70-40-19-25-48-80(70)92(85,61-31-10-4-11-32-61)62-33-12-5-13-34-62)91-78-54-60(49-50-76(78)89-71-43-20-16-37-66(71)67-38-17-21-44-72(67)89)87-56-88(75-47-24-23-46-74(75)87)84-64(59-29-8-3-9-30-59)41-26-42-68(84)65-36-15-14-35-63(65)58-27-6-2-7-28-58;/h2-53,56H,1H3;/q-3;/i1D3;. The monoisotopic (exact) mass is 1390 g/mol. The molecule has 0 aliphatic carbocycles. The molecule has 0 spiro atoms. The fourth-order valence-corrected chi connectivity index (χ4v) is 20.1. The van der Waals surface area contributed by atoms with E-state index in [-0.39, 0.29) is 26.6 Å². The summed E-state index contributed by atoms with van der Waals surface area (Å²) in [5, 5.41) is 8.83. The van der Waals surface area contributed by atoms with E-state index in [1.165, 1.54) is 15.6 Å². The molecule has 16 aromatic rings. The van der Waals surface area contributed by atoms with Crippen LogP contribution in [-0.2, 0) is 21.1 Å². The largest absolute Gasteiger partial charge is 0.507 e. The van der Waals surface area contributed by atoms with Crippen molar-refractivity contribution >= 4 is 95.2 Å². The van der Waals surface area contributed by atoms with Crippen molar-refractivity contribution in [2.24, 2.45) is 0 Å². The van der Waals surface area contributed by atoms with Gasteiger partial charge in [-0.3, -0.25) is 0 Å². The minimum absolute atomic E-state index is 0. The van der Waals surface area contributed by atoms with Crippen molar-refractivity contribution in [3.63, 3.8) is 0 Å². The Morgan fingerprint density at radius 1 is 0.430 bits per heavy atom. The molecule has 0 saturated heterocycles. The van der Waals surface area contributed by atoms with E-state index in [0.717, 1.165) is 116 Å². The summed E-state index contributed by atoms with van der Waals surface area (Å²) in [5.41, 5.74) is 17.1. The Morgan fingerprint density at radius 2 is 0.957 bits per heavy atom. The maximum Gasteiger partial charge on any atom is 0.135 e. The first-order valence-electron chi connectivity index (χ1n) is 32.6. The molecule has 444 valence electrons. The van der Waals surface area contributed by atoms with E-state index in [2.05, 4.69) is 329 Å². The van der Waals surface area contributed by atoms with Gasteiger partial charge in [-0.1, -0.05) is 286 Å². The molecule has 6 nitrogen and oxygen atoms in total. The first kappa shape index (κ1) is 52.7. The number of rotatable bonds is 11. The van der Waals surface area contributed by atoms with Crippen molar-refractivity contribution in [1.29, 1.82) is 0 Å². The summed E-state index contributed by atoms with van der Waals surface area (Å²) in [5.74, 6) is 1.46. The van der Waals surface area contributed by atoms with Gasteiger partial charge in [0.05, 0.1) is 0 Å². The number of para-hydroxylation sites is 6. The maximum absolute atomic E-state index is 8.61. The van der Waals surface area contributed by atoms with Gasteiger partial charge in [0.2, 0.25) is 0 Å². The number of pyridine rings is 1. The second-order valence-electron chi connectivity index (χ2n) is 23.6. The van der Waals surface area contributed by atoms with Crippen LogP contribution in [0.5, 0.6) is 11.5 Å². The number of anilines is 4. The molecule has 5 heterocycles. The zero-order chi connectivity index (χ0) is 63.4. The van der Waals surface area contributed by atoms with E-state index in [1.54, 1.807) is 18.3 Å². The fraction of sp³-hybridized carbons (Fsp3) is 0.0118. The number of nitrogens with zero attached hydrogens (tertiary/aromatic N) is 5. The first-order chi connectivity index (χ1) is 46.8. The molecule has 0 radical (unpaired) electrons. The maximum atomic E-state index is 8.61. The van der Waals surface area contributed by atoms with Crippen LogP contribution < -0.4 is 35.3 Å². The van der Waals surface area contributed by atoms with Gasteiger partial charge in [-0.15, -0.1) is 42.2 Å². The number of hydrogen-bond donors (Lipinski definition) is 0. The van der Waals surface area contributed by atoms with Crippen LogP contribution in [0.15, 0.2) is 316 Å². The van der Waals surface area contributed by atoms with Gasteiger partial charge in [0.25, 0.3) is 0 Å². The molecule has 0 N–H and O–H groups in total. The molecule has 13 aromatic carbocycles. The van der Waals surface area contributed by atoms with Crippen molar-refractivity contribution in [2.75, 3.05) is 9.80 Å². The fourth-order valence-electron chi connectivity index (χ4n) is 14.9. The number of ether oxygens (including phenoxy) is 1. The van der Waals surface area contributed by atoms with Crippen LogP contribution in [-0.4, -0.2) is 22.2 Å². The third kappa shape index (κ3) is 8.75. The Morgan fingerprint density at radius 3 is 1.62 bits per heavy atom. The molecular formula is C85H56N5OPtSi-3. The summed E-state index contributed by atoms with van der Waals surface area (Å²) in [6.07, 6.45) is 1.60. The number of benzene rings is 13. The van der Waals surface area contributed by atoms with Gasteiger partial charge in [-0.2, -0.15) is 0 Å². The molecule has 8 heteroatoms. The second kappa shape index (κ2) is 22.7. The molecule has 0 fully saturated rings. The smallest absolute Gasteiger partial charge is 0.135 e. The van der Waals surface area contributed by atoms with Gasteiger partial charge < -0.3 is 23.7 Å². The van der Waals surface area contributed by atoms with E-state index in [9.17, 15) is 0 Å². The van der Waals surface area contributed by atoms with Gasteiger partial charge in [0.1, 0.15) is 13.9 Å². The van der Waals surface area contributed by atoms with Crippen LogP contribution in [0.25, 0.3) is 99.6 Å². The second-order valence-corrected chi connectivity index (χ2v) is 27.3. The van der Waals surface area contributed by atoms with E-state index in [4.69, 9.17) is 13.8 Å². The number of aryl methyl sites for hydroxylation is 1. The van der Waals surface area contributed by atoms with Crippen molar-refractivity contribution in [3.05, 3.63) is 340 Å². The predicted octanol–water partition coefficient (Wildman–Crippen LogP) is 18.7. The van der Waals surface area contributed by atoms with E-state index < -0.39 is 14.9 Å². The van der Waals surface area contributed by atoms with Crippen LogP contribution in [0.4, 0.5) is 22.7 Å². The third-order valence-corrected chi connectivity index (χ3v) is 23.5. The molecule has 0 saturated carbocycles. The van der Waals surface area contributed by atoms with Gasteiger partial charge in [0.15, 0.2) is 0 Å². The van der Waals surface area contributed by atoms with E-state index >= 15 is 0 Å². The summed E-state index contributed by atoms with van der Waals surface area (Å²) in [4.78, 5) is 9.58. The Bertz CT molecular complexity index is 5610. The van der Waals surface area contributed by atoms with E-state index in [0.29, 0.717) is 22.8 Å². The summed E-state index contributed by atoms with van der Waals surface area (Å²) < 4.78 is 38.4. The quantitative estimate of drug-likeness (QED) is 0.0956. The SMILES string of the molecule is [2H]C([2H])([2H])c1ccnc(-n2c3[c-]c(Oc4[c-]c(N5[CH-]N(c6c(-c7ccccc7)cccc6-c6ccccc6-c6ccccc6)c6ccccc65)ccc4-n4c5ccccc5c5ccccc54)c4c(c3c3ccccc32)-c2ccccc2[Si]4(c2ccccc2)c2ccccc2)c1.[Pt]. The van der Waals surface area contributed by atoms with Crippen molar-refractivity contribution in [1.82, 2.24) is 14.1 Å². The topological polar surface area (TPSA) is 38.5 Å². The molecular weight excluding hydrogens is 1330 g/mol. The van der Waals surface area contributed by atoms with Crippen molar-refractivity contribution < 1.29 is 29.9 Å². The third-order valence-electron chi connectivity index (χ3n) is 18.7. The van der Waals surface area contributed by atoms with Gasteiger partial charge in [-0.05, 0) is 93.8 Å². The van der Waals surface area contributed by atoms with Gasteiger partial charge in [-0.25, -0.2) is 4.98 Å². The van der Waals surface area contributed by atoms with Gasteiger partial charge >= 0.3 is 0 Å². The number of hydrogen-bond acceptors (Lipinski definition) is 4. The number of aromatic nitrogens is 3. The Kier molecular flexibility index (Phi) is 12.8. The molecule has 3 aromatic heterocycles. The summed E-state index contributed by atoms with van der Waals surface area (Å²) in [6.45, 7) is -0.175. The molecule has 0 bridgehead atoms. The molecule has 0 amide bonds. The Balaban J connectivity index is 0.00000697. The van der Waals surface area contributed by atoms with Crippen LogP contribution >= 0.6 is 0 Å².